The Balaban J connectivity index is 2.61. The fraction of sp³-hybridized carbons (Fsp3) is 0.417. The molecule has 0 saturated heterocycles. The third-order valence-electron chi connectivity index (χ3n) is 2.24. The molecule has 88 valence electrons. The summed E-state index contributed by atoms with van der Waals surface area (Å²) in [7, 11) is 3.62. The Hall–Kier alpha value is -1.13. The molecule has 0 aliphatic heterocycles. The molecule has 2 atom stereocenters. The summed E-state index contributed by atoms with van der Waals surface area (Å²) in [6, 6.07) is 9.41. The number of hydrogen-bond donors (Lipinski definition) is 1. The van der Waals surface area contributed by atoms with Crippen molar-refractivity contribution >= 4 is 17.4 Å². The Labute approximate surface area is 102 Å². The molecule has 0 aromatic heterocycles. The van der Waals surface area contributed by atoms with Gasteiger partial charge in [0.25, 0.3) is 5.17 Å². The Kier molecular flexibility index (Phi) is 4.71. The van der Waals surface area contributed by atoms with E-state index < -0.39 is 6.10 Å². The van der Waals surface area contributed by atoms with Gasteiger partial charge in [0.2, 0.25) is 0 Å². The van der Waals surface area contributed by atoms with Crippen molar-refractivity contribution in [3.05, 3.63) is 35.9 Å². The number of ether oxygens (including phenoxy) is 1. The smallest absolute Gasteiger partial charge is 0.259 e. The molecule has 0 amide bonds. The summed E-state index contributed by atoms with van der Waals surface area (Å²) in [6.07, 6.45) is -1.03. The van der Waals surface area contributed by atoms with E-state index in [-0.39, 0.29) is 6.10 Å². The molecule has 0 aliphatic rings. The van der Waals surface area contributed by atoms with E-state index in [1.807, 2.05) is 44.4 Å². The maximum atomic E-state index is 10.0. The molecule has 1 N–H and O–H groups in total. The van der Waals surface area contributed by atoms with Crippen molar-refractivity contribution in [2.24, 2.45) is 0 Å². The zero-order chi connectivity index (χ0) is 12.1. The van der Waals surface area contributed by atoms with Gasteiger partial charge < -0.3 is 14.7 Å². The van der Waals surface area contributed by atoms with Crippen LogP contribution in [-0.2, 0) is 4.74 Å². The maximum absolute atomic E-state index is 10.0. The van der Waals surface area contributed by atoms with Crippen molar-refractivity contribution in [2.75, 3.05) is 14.1 Å². The van der Waals surface area contributed by atoms with Crippen molar-refractivity contribution in [2.45, 2.75) is 19.1 Å². The number of aliphatic hydroxyl groups excluding tert-OH is 1. The Morgan fingerprint density at radius 2 is 1.88 bits per heavy atom. The number of thiocarbonyl (C=S) groups is 1. The van der Waals surface area contributed by atoms with Gasteiger partial charge in [-0.15, -0.1) is 0 Å². The van der Waals surface area contributed by atoms with Crippen LogP contribution in [0.1, 0.15) is 18.6 Å². The van der Waals surface area contributed by atoms with Crippen molar-refractivity contribution in [1.82, 2.24) is 4.90 Å². The van der Waals surface area contributed by atoms with E-state index >= 15 is 0 Å². The molecule has 0 fully saturated rings. The normalized spacial score (nSPS) is 14.0. The molecule has 3 nitrogen and oxygen atoms in total. The molecule has 0 radical (unpaired) electrons. The largest absolute Gasteiger partial charge is 0.465 e. The molecule has 1 aromatic rings. The predicted octanol–water partition coefficient (Wildman–Crippen LogP) is 1.97. The highest BCUT2D eigenvalue weighted by Crippen LogP contribution is 2.18. The first-order valence-corrected chi connectivity index (χ1v) is 5.54. The zero-order valence-corrected chi connectivity index (χ0v) is 10.6. The second kappa shape index (κ2) is 5.82. The van der Waals surface area contributed by atoms with E-state index in [0.29, 0.717) is 5.17 Å². The zero-order valence-electron chi connectivity index (χ0n) is 9.75. The van der Waals surface area contributed by atoms with Crippen LogP contribution in [0.2, 0.25) is 0 Å². The topological polar surface area (TPSA) is 32.7 Å². The van der Waals surface area contributed by atoms with E-state index in [0.717, 1.165) is 5.56 Å². The molecule has 0 saturated carbocycles. The minimum atomic E-state index is -0.668. The second-order valence-electron chi connectivity index (χ2n) is 3.84. The Bertz CT molecular complexity index is 340. The molecule has 0 spiro atoms. The fourth-order valence-corrected chi connectivity index (χ4v) is 1.40. The average Bonchev–Trinajstić information content (AvgIpc) is 2.28. The van der Waals surface area contributed by atoms with Crippen LogP contribution in [0, 0.1) is 0 Å². The monoisotopic (exact) mass is 239 g/mol. The highest BCUT2D eigenvalue weighted by atomic mass is 32.1. The third-order valence-corrected chi connectivity index (χ3v) is 2.70. The fourth-order valence-electron chi connectivity index (χ4n) is 1.25. The Morgan fingerprint density at radius 1 is 1.31 bits per heavy atom. The third kappa shape index (κ3) is 3.47. The van der Waals surface area contributed by atoms with Gasteiger partial charge in [-0.2, -0.15) is 0 Å². The van der Waals surface area contributed by atoms with Gasteiger partial charge >= 0.3 is 0 Å². The molecule has 2 unspecified atom stereocenters. The van der Waals surface area contributed by atoms with Gasteiger partial charge in [-0.3, -0.25) is 0 Å². The molecular formula is C12H17NO2S. The number of hydrogen-bond acceptors (Lipinski definition) is 3. The number of benzene rings is 1. The van der Waals surface area contributed by atoms with Crippen LogP contribution in [0.5, 0.6) is 0 Å². The predicted molar refractivity (Wildman–Crippen MR) is 68.2 cm³/mol. The van der Waals surface area contributed by atoms with Crippen LogP contribution in [0.15, 0.2) is 30.3 Å². The van der Waals surface area contributed by atoms with Crippen LogP contribution in [0.4, 0.5) is 0 Å². The molecule has 4 heteroatoms. The van der Waals surface area contributed by atoms with Gasteiger partial charge in [0.1, 0.15) is 12.2 Å². The van der Waals surface area contributed by atoms with Gasteiger partial charge in [0.15, 0.2) is 0 Å². The first-order valence-electron chi connectivity index (χ1n) is 5.13. The SMILES string of the molecule is CC(OC(=S)N(C)C)C(O)c1ccccc1. The lowest BCUT2D eigenvalue weighted by Crippen LogP contribution is -2.29. The summed E-state index contributed by atoms with van der Waals surface area (Å²) in [5.41, 5.74) is 0.830. The summed E-state index contributed by atoms with van der Waals surface area (Å²) in [5.74, 6) is 0. The number of rotatable bonds is 3. The van der Waals surface area contributed by atoms with Crippen LogP contribution >= 0.6 is 12.2 Å². The second-order valence-corrected chi connectivity index (χ2v) is 4.19. The van der Waals surface area contributed by atoms with Gasteiger partial charge in [-0.25, -0.2) is 0 Å². The summed E-state index contributed by atoms with van der Waals surface area (Å²) in [5, 5.41) is 10.4. The lowest BCUT2D eigenvalue weighted by Gasteiger charge is -2.23. The van der Waals surface area contributed by atoms with Crippen LogP contribution in [0.3, 0.4) is 0 Å². The van der Waals surface area contributed by atoms with Crippen LogP contribution in [0.25, 0.3) is 0 Å². The van der Waals surface area contributed by atoms with Crippen molar-refractivity contribution < 1.29 is 9.84 Å². The first-order chi connectivity index (χ1) is 7.52. The van der Waals surface area contributed by atoms with E-state index in [1.165, 1.54) is 0 Å². The highest BCUT2D eigenvalue weighted by molar-refractivity contribution is 7.80. The van der Waals surface area contributed by atoms with Crippen molar-refractivity contribution in [3.63, 3.8) is 0 Å². The summed E-state index contributed by atoms with van der Waals surface area (Å²) < 4.78 is 5.44. The van der Waals surface area contributed by atoms with Gasteiger partial charge in [-0.05, 0) is 24.7 Å². The minimum Gasteiger partial charge on any atom is -0.465 e. The lowest BCUT2D eigenvalue weighted by atomic mass is 10.1. The van der Waals surface area contributed by atoms with E-state index in [2.05, 4.69) is 0 Å². The van der Waals surface area contributed by atoms with Gasteiger partial charge in [-0.1, -0.05) is 30.3 Å². The first kappa shape index (κ1) is 12.9. The molecule has 1 rings (SSSR count). The molecular weight excluding hydrogens is 222 g/mol. The average molecular weight is 239 g/mol. The van der Waals surface area contributed by atoms with Crippen molar-refractivity contribution in [3.8, 4) is 0 Å². The van der Waals surface area contributed by atoms with E-state index in [9.17, 15) is 5.11 Å². The van der Waals surface area contributed by atoms with E-state index in [1.54, 1.807) is 11.8 Å². The van der Waals surface area contributed by atoms with Crippen LogP contribution < -0.4 is 0 Å². The highest BCUT2D eigenvalue weighted by Gasteiger charge is 2.19. The summed E-state index contributed by atoms with van der Waals surface area (Å²) in [4.78, 5) is 1.70. The molecule has 0 aliphatic carbocycles. The lowest BCUT2D eigenvalue weighted by molar-refractivity contribution is 0.0333. The number of nitrogens with zero attached hydrogens (tertiary/aromatic N) is 1. The van der Waals surface area contributed by atoms with Gasteiger partial charge in [0, 0.05) is 14.1 Å². The number of aliphatic hydroxyl groups is 1. The minimum absolute atomic E-state index is 0.364. The molecule has 0 bridgehead atoms. The molecule has 1 aromatic carbocycles. The van der Waals surface area contributed by atoms with Crippen LogP contribution in [-0.4, -0.2) is 35.4 Å². The van der Waals surface area contributed by atoms with Gasteiger partial charge in [0.05, 0.1) is 0 Å². The Morgan fingerprint density at radius 3 is 2.38 bits per heavy atom. The summed E-state index contributed by atoms with van der Waals surface area (Å²) in [6.45, 7) is 1.80. The summed E-state index contributed by atoms with van der Waals surface area (Å²) >= 11 is 5.02. The quantitative estimate of drug-likeness (QED) is 0.818. The molecule has 16 heavy (non-hydrogen) atoms. The standard InChI is InChI=1S/C12H17NO2S/c1-9(15-12(16)13(2)3)11(14)10-7-5-4-6-8-10/h4-9,11,14H,1-3H3. The van der Waals surface area contributed by atoms with Crippen molar-refractivity contribution in [1.29, 1.82) is 0 Å². The maximum Gasteiger partial charge on any atom is 0.259 e. The molecule has 0 heterocycles. The van der Waals surface area contributed by atoms with E-state index in [4.69, 9.17) is 17.0 Å².